The minimum absolute atomic E-state index is 0.0467. The fourth-order valence-corrected chi connectivity index (χ4v) is 3.61. The first-order valence-electron chi connectivity index (χ1n) is 8.48. The molecule has 2 amide bonds. The van der Waals surface area contributed by atoms with E-state index < -0.39 is 0 Å². The molecule has 2 heterocycles. The van der Waals surface area contributed by atoms with Crippen molar-refractivity contribution in [1.82, 2.24) is 20.0 Å². The normalized spacial score (nSPS) is 17.2. The van der Waals surface area contributed by atoms with Gasteiger partial charge in [0.2, 0.25) is 5.91 Å². The number of benzene rings is 1. The van der Waals surface area contributed by atoms with Gasteiger partial charge in [-0.05, 0) is 37.0 Å². The van der Waals surface area contributed by atoms with Crippen LogP contribution in [0.25, 0.3) is 5.69 Å². The highest BCUT2D eigenvalue weighted by Gasteiger charge is 2.25. The van der Waals surface area contributed by atoms with Crippen molar-refractivity contribution in [3.8, 4) is 5.69 Å². The first kappa shape index (κ1) is 18.7. The van der Waals surface area contributed by atoms with E-state index in [0.717, 1.165) is 12.8 Å². The summed E-state index contributed by atoms with van der Waals surface area (Å²) in [4.78, 5) is 25.7. The van der Waals surface area contributed by atoms with Crippen molar-refractivity contribution in [3.05, 3.63) is 46.2 Å². The number of amides is 2. The van der Waals surface area contributed by atoms with E-state index in [-0.39, 0.29) is 17.7 Å². The molecule has 0 unspecified atom stereocenters. The van der Waals surface area contributed by atoms with Crippen molar-refractivity contribution in [2.24, 2.45) is 5.92 Å². The molecule has 26 heavy (non-hydrogen) atoms. The summed E-state index contributed by atoms with van der Waals surface area (Å²) in [6.07, 6.45) is 5.15. The Labute approximate surface area is 162 Å². The molecule has 1 N–H and O–H groups in total. The molecule has 8 heteroatoms. The Bertz CT molecular complexity index is 821. The number of carbonyl (C=O) groups excluding carboxylic acids is 2. The zero-order valence-electron chi connectivity index (χ0n) is 14.4. The van der Waals surface area contributed by atoms with Gasteiger partial charge in [0.1, 0.15) is 0 Å². The average Bonchev–Trinajstić information content (AvgIpc) is 3.09. The SMILES string of the molecule is CC(=O)NC[C@@H]1CCCN(C(=O)c2cnn(-c3ccc(Cl)cc3Cl)c2)C1. The lowest BCUT2D eigenvalue weighted by Crippen LogP contribution is -2.43. The van der Waals surface area contributed by atoms with E-state index in [1.165, 1.54) is 6.92 Å². The molecule has 1 aliphatic heterocycles. The molecule has 1 saturated heterocycles. The molecular formula is C18H20Cl2N4O2. The quantitative estimate of drug-likeness (QED) is 0.865. The maximum Gasteiger partial charge on any atom is 0.257 e. The lowest BCUT2D eigenvalue weighted by Gasteiger charge is -2.32. The van der Waals surface area contributed by atoms with Gasteiger partial charge < -0.3 is 10.2 Å². The third-order valence-corrected chi connectivity index (χ3v) is 4.97. The molecule has 2 aromatic rings. The van der Waals surface area contributed by atoms with Crippen LogP contribution in [0.2, 0.25) is 10.0 Å². The third-order valence-electron chi connectivity index (χ3n) is 4.43. The van der Waals surface area contributed by atoms with Crippen molar-refractivity contribution in [2.75, 3.05) is 19.6 Å². The monoisotopic (exact) mass is 394 g/mol. The van der Waals surface area contributed by atoms with E-state index in [4.69, 9.17) is 23.2 Å². The fourth-order valence-electron chi connectivity index (χ4n) is 3.12. The lowest BCUT2D eigenvalue weighted by molar-refractivity contribution is -0.119. The maximum atomic E-state index is 12.8. The smallest absolute Gasteiger partial charge is 0.257 e. The van der Waals surface area contributed by atoms with E-state index in [9.17, 15) is 9.59 Å². The van der Waals surface area contributed by atoms with Gasteiger partial charge in [-0.3, -0.25) is 9.59 Å². The first-order valence-corrected chi connectivity index (χ1v) is 9.23. The summed E-state index contributed by atoms with van der Waals surface area (Å²) in [6.45, 7) is 3.44. The highest BCUT2D eigenvalue weighted by molar-refractivity contribution is 6.35. The summed E-state index contributed by atoms with van der Waals surface area (Å²) < 4.78 is 1.57. The van der Waals surface area contributed by atoms with Crippen molar-refractivity contribution < 1.29 is 9.59 Å². The largest absolute Gasteiger partial charge is 0.356 e. The van der Waals surface area contributed by atoms with Gasteiger partial charge in [0.25, 0.3) is 5.91 Å². The third kappa shape index (κ3) is 4.37. The molecule has 0 aliphatic carbocycles. The zero-order chi connectivity index (χ0) is 18.7. The van der Waals surface area contributed by atoms with Crippen LogP contribution in [0, 0.1) is 5.92 Å². The van der Waals surface area contributed by atoms with Crippen LogP contribution in [0.5, 0.6) is 0 Å². The molecule has 0 bridgehead atoms. The van der Waals surface area contributed by atoms with Gasteiger partial charge in [0, 0.05) is 37.8 Å². The zero-order valence-corrected chi connectivity index (χ0v) is 15.9. The Kier molecular flexibility index (Phi) is 5.84. The van der Waals surface area contributed by atoms with Crippen LogP contribution >= 0.6 is 23.2 Å². The minimum Gasteiger partial charge on any atom is -0.356 e. The van der Waals surface area contributed by atoms with Crippen LogP contribution in [-0.2, 0) is 4.79 Å². The van der Waals surface area contributed by atoms with Crippen LogP contribution in [0.4, 0.5) is 0 Å². The van der Waals surface area contributed by atoms with Crippen LogP contribution in [0.1, 0.15) is 30.1 Å². The second-order valence-electron chi connectivity index (χ2n) is 6.47. The summed E-state index contributed by atoms with van der Waals surface area (Å²) in [7, 11) is 0. The minimum atomic E-state index is -0.0612. The number of hydrogen-bond acceptors (Lipinski definition) is 3. The second kappa shape index (κ2) is 8.10. The number of aromatic nitrogens is 2. The number of halogens is 2. The first-order chi connectivity index (χ1) is 12.4. The Hall–Kier alpha value is -2.05. The van der Waals surface area contributed by atoms with E-state index in [2.05, 4.69) is 10.4 Å². The highest BCUT2D eigenvalue weighted by Crippen LogP contribution is 2.24. The predicted octanol–water partition coefficient (Wildman–Crippen LogP) is 3.17. The van der Waals surface area contributed by atoms with E-state index >= 15 is 0 Å². The molecular weight excluding hydrogens is 375 g/mol. The molecule has 138 valence electrons. The second-order valence-corrected chi connectivity index (χ2v) is 7.31. The van der Waals surface area contributed by atoms with Crippen LogP contribution in [0.15, 0.2) is 30.6 Å². The van der Waals surface area contributed by atoms with Gasteiger partial charge in [-0.2, -0.15) is 5.10 Å². The summed E-state index contributed by atoms with van der Waals surface area (Å²) >= 11 is 12.1. The Morgan fingerprint density at radius 2 is 2.15 bits per heavy atom. The molecule has 1 aliphatic rings. The van der Waals surface area contributed by atoms with Gasteiger partial charge in [0.05, 0.1) is 22.5 Å². The molecule has 1 atom stereocenters. The van der Waals surface area contributed by atoms with Gasteiger partial charge in [0.15, 0.2) is 0 Å². The summed E-state index contributed by atoms with van der Waals surface area (Å²) in [5.74, 6) is 0.167. The maximum absolute atomic E-state index is 12.8. The molecule has 1 fully saturated rings. The average molecular weight is 395 g/mol. The van der Waals surface area contributed by atoms with Crippen LogP contribution in [0.3, 0.4) is 0 Å². The van der Waals surface area contributed by atoms with Gasteiger partial charge in [-0.15, -0.1) is 0 Å². The van der Waals surface area contributed by atoms with E-state index in [0.29, 0.717) is 40.9 Å². The molecule has 1 aromatic carbocycles. The highest BCUT2D eigenvalue weighted by atomic mass is 35.5. The molecule has 0 saturated carbocycles. The fraction of sp³-hybridized carbons (Fsp3) is 0.389. The summed E-state index contributed by atoms with van der Waals surface area (Å²) in [5, 5.41) is 8.10. The number of hydrogen-bond donors (Lipinski definition) is 1. The van der Waals surface area contributed by atoms with Crippen molar-refractivity contribution in [1.29, 1.82) is 0 Å². The molecule has 0 radical (unpaired) electrons. The van der Waals surface area contributed by atoms with Crippen molar-refractivity contribution in [2.45, 2.75) is 19.8 Å². The number of likely N-dealkylation sites (tertiary alicyclic amines) is 1. The number of rotatable bonds is 4. The molecule has 1 aromatic heterocycles. The molecule has 6 nitrogen and oxygen atoms in total. The lowest BCUT2D eigenvalue weighted by atomic mass is 9.97. The number of nitrogens with zero attached hydrogens (tertiary/aromatic N) is 3. The Morgan fingerprint density at radius 3 is 2.88 bits per heavy atom. The predicted molar refractivity (Wildman–Crippen MR) is 101 cm³/mol. The number of carbonyl (C=O) groups is 2. The summed E-state index contributed by atoms with van der Waals surface area (Å²) in [5.41, 5.74) is 1.17. The number of nitrogens with one attached hydrogen (secondary N) is 1. The van der Waals surface area contributed by atoms with Crippen molar-refractivity contribution >= 4 is 35.0 Å². The van der Waals surface area contributed by atoms with E-state index in [1.807, 2.05) is 4.90 Å². The standard InChI is InChI=1S/C18H20Cl2N4O2/c1-12(25)21-8-13-3-2-6-23(10-13)18(26)14-9-22-24(11-14)17-5-4-15(19)7-16(17)20/h4-5,7,9,11,13H,2-3,6,8,10H2,1H3,(H,21,25)/t13-/m0/s1. The van der Waals surface area contributed by atoms with E-state index in [1.54, 1.807) is 35.3 Å². The van der Waals surface area contributed by atoms with Gasteiger partial charge in [-0.25, -0.2) is 4.68 Å². The van der Waals surface area contributed by atoms with Crippen LogP contribution in [-0.4, -0.2) is 46.1 Å². The van der Waals surface area contributed by atoms with Crippen molar-refractivity contribution in [3.63, 3.8) is 0 Å². The topological polar surface area (TPSA) is 67.2 Å². The Morgan fingerprint density at radius 1 is 1.35 bits per heavy atom. The summed E-state index contributed by atoms with van der Waals surface area (Å²) in [6, 6.07) is 5.12. The van der Waals surface area contributed by atoms with Gasteiger partial charge >= 0.3 is 0 Å². The van der Waals surface area contributed by atoms with Gasteiger partial charge in [-0.1, -0.05) is 23.2 Å². The molecule has 3 rings (SSSR count). The Balaban J connectivity index is 1.70. The number of piperidine rings is 1. The van der Waals surface area contributed by atoms with Crippen LogP contribution < -0.4 is 5.32 Å². The molecule has 0 spiro atoms.